The van der Waals surface area contributed by atoms with Gasteiger partial charge in [0, 0.05) is 13.0 Å². The van der Waals surface area contributed by atoms with Gasteiger partial charge in [-0.1, -0.05) is 6.92 Å². The molecule has 1 heterocycles. The van der Waals surface area contributed by atoms with Gasteiger partial charge in [0.1, 0.15) is 6.04 Å². The fraction of sp³-hybridized carbons (Fsp3) is 0.889. The zero-order chi connectivity index (χ0) is 9.84. The first-order valence-electron chi connectivity index (χ1n) is 4.69. The van der Waals surface area contributed by atoms with Crippen molar-refractivity contribution in [2.24, 2.45) is 0 Å². The second kappa shape index (κ2) is 4.58. The number of aliphatic hydroxyl groups is 1. The minimum atomic E-state index is -0.379. The summed E-state index contributed by atoms with van der Waals surface area (Å²) in [5, 5.41) is 9.39. The molecule has 1 aliphatic rings. The quantitative estimate of drug-likeness (QED) is 0.632. The van der Waals surface area contributed by atoms with Crippen LogP contribution in [0.25, 0.3) is 0 Å². The molecule has 1 unspecified atom stereocenters. The van der Waals surface area contributed by atoms with Gasteiger partial charge in [-0.25, -0.2) is 0 Å². The lowest BCUT2D eigenvalue weighted by Crippen LogP contribution is -2.37. The van der Waals surface area contributed by atoms with E-state index in [1.54, 1.807) is 0 Å². The van der Waals surface area contributed by atoms with Crippen LogP contribution in [0.4, 0.5) is 0 Å². The molecule has 4 nitrogen and oxygen atoms in total. The van der Waals surface area contributed by atoms with Crippen LogP contribution < -0.4 is 0 Å². The molecule has 0 radical (unpaired) electrons. The molecule has 0 amide bonds. The number of carbonyl (C=O) groups excluding carboxylic acids is 1. The minimum absolute atomic E-state index is 0.231. The third-order valence-electron chi connectivity index (χ3n) is 2.37. The highest BCUT2D eigenvalue weighted by molar-refractivity contribution is 5.76. The molecular formula is C9H17NO3. The van der Waals surface area contributed by atoms with Crippen LogP contribution in [0.15, 0.2) is 0 Å². The summed E-state index contributed by atoms with van der Waals surface area (Å²) in [7, 11) is 1.39. The number of hydrogen-bond acceptors (Lipinski definition) is 4. The van der Waals surface area contributed by atoms with Gasteiger partial charge in [-0.05, 0) is 13.0 Å². The Morgan fingerprint density at radius 3 is 2.92 bits per heavy atom. The predicted molar refractivity (Wildman–Crippen MR) is 48.3 cm³/mol. The topological polar surface area (TPSA) is 49.8 Å². The van der Waals surface area contributed by atoms with Crippen molar-refractivity contribution < 1.29 is 14.6 Å². The van der Waals surface area contributed by atoms with Crippen LogP contribution >= 0.6 is 0 Å². The highest BCUT2D eigenvalue weighted by Crippen LogP contribution is 2.18. The molecule has 4 heteroatoms. The van der Waals surface area contributed by atoms with Crippen LogP contribution in [0, 0.1) is 0 Å². The largest absolute Gasteiger partial charge is 0.468 e. The number of methoxy groups -OCH3 is 1. The molecule has 1 aliphatic heterocycles. The maximum Gasteiger partial charge on any atom is 0.323 e. The van der Waals surface area contributed by atoms with Crippen molar-refractivity contribution in [1.29, 1.82) is 0 Å². The Bertz CT molecular complexity index is 184. The zero-order valence-corrected chi connectivity index (χ0v) is 8.19. The van der Waals surface area contributed by atoms with Gasteiger partial charge in [-0.15, -0.1) is 0 Å². The molecule has 1 rings (SSSR count). The predicted octanol–water partition coefficient (Wildman–Crippen LogP) is 0.00460. The van der Waals surface area contributed by atoms with Gasteiger partial charge < -0.3 is 9.84 Å². The van der Waals surface area contributed by atoms with Crippen LogP contribution in [0.2, 0.25) is 0 Å². The Kier molecular flexibility index (Phi) is 3.69. The molecular weight excluding hydrogens is 170 g/mol. The summed E-state index contributed by atoms with van der Waals surface area (Å²) in [6, 6.07) is -0.236. The van der Waals surface area contributed by atoms with E-state index in [4.69, 9.17) is 0 Å². The fourth-order valence-electron chi connectivity index (χ4n) is 1.79. The van der Waals surface area contributed by atoms with Crippen LogP contribution in [0.5, 0.6) is 0 Å². The first-order valence-corrected chi connectivity index (χ1v) is 4.69. The van der Waals surface area contributed by atoms with E-state index in [-0.39, 0.29) is 18.1 Å². The van der Waals surface area contributed by atoms with Crippen LogP contribution in [-0.4, -0.2) is 48.3 Å². The Morgan fingerprint density at radius 1 is 1.69 bits per heavy atom. The van der Waals surface area contributed by atoms with Gasteiger partial charge >= 0.3 is 5.97 Å². The number of esters is 1. The highest BCUT2D eigenvalue weighted by atomic mass is 16.5. The summed E-state index contributed by atoms with van der Waals surface area (Å²) < 4.78 is 4.67. The highest BCUT2D eigenvalue weighted by Gasteiger charge is 2.35. The number of aliphatic hydroxyl groups excluding tert-OH is 1. The monoisotopic (exact) mass is 187 g/mol. The van der Waals surface area contributed by atoms with Crippen molar-refractivity contribution in [2.45, 2.75) is 31.9 Å². The van der Waals surface area contributed by atoms with Gasteiger partial charge in [0.05, 0.1) is 13.2 Å². The Morgan fingerprint density at radius 2 is 2.38 bits per heavy atom. The number of carbonyl (C=O) groups is 1. The van der Waals surface area contributed by atoms with Crippen molar-refractivity contribution in [3.63, 3.8) is 0 Å². The summed E-state index contributed by atoms with van der Waals surface area (Å²) in [5.74, 6) is -0.231. The molecule has 1 saturated heterocycles. The first kappa shape index (κ1) is 10.5. The zero-order valence-electron chi connectivity index (χ0n) is 8.19. The number of β-amino-alcohol motifs (C(OH)–C–C–N with tert-alkyl or cyclic N) is 1. The minimum Gasteiger partial charge on any atom is -0.468 e. The van der Waals surface area contributed by atoms with Crippen LogP contribution in [0.1, 0.15) is 19.8 Å². The maximum absolute atomic E-state index is 11.3. The average molecular weight is 187 g/mol. The molecule has 2 atom stereocenters. The van der Waals surface area contributed by atoms with Gasteiger partial charge in [-0.2, -0.15) is 0 Å². The smallest absolute Gasteiger partial charge is 0.323 e. The van der Waals surface area contributed by atoms with E-state index in [1.165, 1.54) is 7.11 Å². The molecule has 76 valence electrons. The Hall–Kier alpha value is -0.610. The summed E-state index contributed by atoms with van der Waals surface area (Å²) >= 11 is 0. The number of rotatable bonds is 3. The average Bonchev–Trinajstić information content (AvgIpc) is 2.46. The SMILES string of the molecule is CCCN1CC(O)C[C@H]1C(=O)OC. The van der Waals surface area contributed by atoms with E-state index >= 15 is 0 Å². The lowest BCUT2D eigenvalue weighted by atomic mass is 10.2. The van der Waals surface area contributed by atoms with E-state index in [0.717, 1.165) is 13.0 Å². The van der Waals surface area contributed by atoms with E-state index in [2.05, 4.69) is 11.7 Å². The third kappa shape index (κ3) is 2.42. The van der Waals surface area contributed by atoms with E-state index in [0.29, 0.717) is 13.0 Å². The van der Waals surface area contributed by atoms with Crippen LogP contribution in [-0.2, 0) is 9.53 Å². The lowest BCUT2D eigenvalue weighted by molar-refractivity contribution is -0.145. The van der Waals surface area contributed by atoms with E-state index in [1.807, 2.05) is 4.90 Å². The molecule has 1 fully saturated rings. The molecule has 13 heavy (non-hydrogen) atoms. The third-order valence-corrected chi connectivity index (χ3v) is 2.37. The molecule has 0 aromatic carbocycles. The maximum atomic E-state index is 11.3. The molecule has 0 aromatic heterocycles. The Labute approximate surface area is 78.5 Å². The van der Waals surface area contributed by atoms with Crippen molar-refractivity contribution in [3.8, 4) is 0 Å². The second-order valence-corrected chi connectivity index (χ2v) is 3.42. The number of nitrogens with zero attached hydrogens (tertiary/aromatic N) is 1. The number of ether oxygens (including phenoxy) is 1. The number of hydrogen-bond donors (Lipinski definition) is 1. The molecule has 0 aromatic rings. The van der Waals surface area contributed by atoms with Crippen molar-refractivity contribution in [1.82, 2.24) is 4.90 Å². The van der Waals surface area contributed by atoms with Crippen molar-refractivity contribution >= 4 is 5.97 Å². The molecule has 0 bridgehead atoms. The second-order valence-electron chi connectivity index (χ2n) is 3.42. The number of likely N-dealkylation sites (tertiary alicyclic amines) is 1. The standard InChI is InChI=1S/C9H17NO3/c1-3-4-10-6-7(11)5-8(10)9(12)13-2/h7-8,11H,3-6H2,1-2H3/t7?,8-/m0/s1. The first-order chi connectivity index (χ1) is 6.19. The lowest BCUT2D eigenvalue weighted by Gasteiger charge is -2.20. The van der Waals surface area contributed by atoms with E-state index in [9.17, 15) is 9.90 Å². The van der Waals surface area contributed by atoms with Crippen molar-refractivity contribution in [2.75, 3.05) is 20.2 Å². The van der Waals surface area contributed by atoms with Gasteiger partial charge in [0.2, 0.25) is 0 Å². The van der Waals surface area contributed by atoms with Gasteiger partial charge in [-0.3, -0.25) is 9.69 Å². The summed E-state index contributed by atoms with van der Waals surface area (Å²) in [5.41, 5.74) is 0. The summed E-state index contributed by atoms with van der Waals surface area (Å²) in [6.45, 7) is 3.49. The normalized spacial score (nSPS) is 29.2. The molecule has 1 N–H and O–H groups in total. The Balaban J connectivity index is 2.55. The van der Waals surface area contributed by atoms with E-state index < -0.39 is 0 Å². The molecule has 0 spiro atoms. The van der Waals surface area contributed by atoms with Gasteiger partial charge in [0.15, 0.2) is 0 Å². The van der Waals surface area contributed by atoms with Gasteiger partial charge in [0.25, 0.3) is 0 Å². The molecule has 0 aliphatic carbocycles. The summed E-state index contributed by atoms with van der Waals surface area (Å²) in [6.07, 6.45) is 1.11. The van der Waals surface area contributed by atoms with Crippen molar-refractivity contribution in [3.05, 3.63) is 0 Å². The fourth-order valence-corrected chi connectivity index (χ4v) is 1.79. The van der Waals surface area contributed by atoms with Crippen LogP contribution in [0.3, 0.4) is 0 Å². The summed E-state index contributed by atoms with van der Waals surface area (Å²) in [4.78, 5) is 13.3. The molecule has 0 saturated carbocycles.